The third-order valence-electron chi connectivity index (χ3n) is 1.56. The highest BCUT2D eigenvalue weighted by molar-refractivity contribution is 14.1. The molecule has 0 saturated heterocycles. The third-order valence-corrected chi connectivity index (χ3v) is 2.27. The summed E-state index contributed by atoms with van der Waals surface area (Å²) in [6.45, 7) is 2.05. The molecule has 0 aliphatic heterocycles. The standard InChI is InChI=1S/C7H6IN3/c1-5-2-3-7-6(4-5)9-10-11(7)8/h2-4H,1H3. The fourth-order valence-electron chi connectivity index (χ4n) is 1.01. The van der Waals surface area contributed by atoms with E-state index in [1.54, 1.807) is 2.90 Å². The van der Waals surface area contributed by atoms with Gasteiger partial charge in [-0.2, -0.15) is 2.90 Å². The van der Waals surface area contributed by atoms with Crippen LogP contribution in [0.15, 0.2) is 18.2 Å². The van der Waals surface area contributed by atoms with Crippen molar-refractivity contribution in [2.45, 2.75) is 6.92 Å². The van der Waals surface area contributed by atoms with Crippen LogP contribution in [-0.2, 0) is 0 Å². The van der Waals surface area contributed by atoms with Gasteiger partial charge in [0.15, 0.2) is 0 Å². The van der Waals surface area contributed by atoms with Crippen molar-refractivity contribution in [2.24, 2.45) is 0 Å². The lowest BCUT2D eigenvalue weighted by molar-refractivity contribution is 0.938. The van der Waals surface area contributed by atoms with Gasteiger partial charge in [-0.05, 0) is 24.6 Å². The van der Waals surface area contributed by atoms with Gasteiger partial charge in [-0.15, -0.1) is 5.10 Å². The van der Waals surface area contributed by atoms with Crippen LogP contribution in [0, 0.1) is 6.92 Å². The Hall–Kier alpha value is -0.650. The Morgan fingerprint density at radius 3 is 3.09 bits per heavy atom. The van der Waals surface area contributed by atoms with Crippen LogP contribution in [0.5, 0.6) is 0 Å². The minimum atomic E-state index is 0.958. The van der Waals surface area contributed by atoms with E-state index in [2.05, 4.69) is 39.2 Å². The van der Waals surface area contributed by atoms with Crippen molar-refractivity contribution in [1.82, 2.24) is 13.2 Å². The van der Waals surface area contributed by atoms with E-state index in [9.17, 15) is 0 Å². The third kappa shape index (κ3) is 1.11. The largest absolute Gasteiger partial charge is 0.184 e. The lowest BCUT2D eigenvalue weighted by Crippen LogP contribution is -1.79. The van der Waals surface area contributed by atoms with E-state index in [4.69, 9.17) is 0 Å². The zero-order valence-corrected chi connectivity index (χ0v) is 8.11. The molecule has 0 bridgehead atoms. The van der Waals surface area contributed by atoms with Crippen molar-refractivity contribution in [2.75, 3.05) is 0 Å². The van der Waals surface area contributed by atoms with Crippen molar-refractivity contribution < 1.29 is 0 Å². The molecule has 4 heteroatoms. The maximum Gasteiger partial charge on any atom is 0.114 e. The summed E-state index contributed by atoms with van der Waals surface area (Å²) < 4.78 is 1.74. The van der Waals surface area contributed by atoms with Crippen molar-refractivity contribution in [3.63, 3.8) is 0 Å². The second-order valence-corrected chi connectivity index (χ2v) is 3.36. The molecule has 2 rings (SSSR count). The van der Waals surface area contributed by atoms with Crippen LogP contribution >= 0.6 is 22.9 Å². The first kappa shape index (κ1) is 7.02. The normalized spacial score (nSPS) is 10.7. The molecule has 1 heterocycles. The number of benzene rings is 1. The van der Waals surface area contributed by atoms with Gasteiger partial charge in [0.2, 0.25) is 0 Å². The van der Waals surface area contributed by atoms with Crippen molar-refractivity contribution in [3.8, 4) is 0 Å². The molecule has 56 valence electrons. The summed E-state index contributed by atoms with van der Waals surface area (Å²) in [6, 6.07) is 6.11. The lowest BCUT2D eigenvalue weighted by atomic mass is 10.2. The van der Waals surface area contributed by atoms with Gasteiger partial charge in [-0.3, -0.25) is 0 Å². The molecular weight excluding hydrogens is 253 g/mol. The Morgan fingerprint density at radius 1 is 1.45 bits per heavy atom. The van der Waals surface area contributed by atoms with E-state index in [1.807, 2.05) is 19.1 Å². The van der Waals surface area contributed by atoms with Crippen LogP contribution in [0.3, 0.4) is 0 Å². The summed E-state index contributed by atoms with van der Waals surface area (Å²) in [5.41, 5.74) is 3.24. The van der Waals surface area contributed by atoms with Crippen molar-refractivity contribution >= 4 is 33.9 Å². The van der Waals surface area contributed by atoms with Gasteiger partial charge < -0.3 is 0 Å². The zero-order valence-electron chi connectivity index (χ0n) is 5.95. The molecule has 0 N–H and O–H groups in total. The van der Waals surface area contributed by atoms with E-state index >= 15 is 0 Å². The average molecular weight is 259 g/mol. The fourth-order valence-corrected chi connectivity index (χ4v) is 1.51. The number of rotatable bonds is 0. The highest BCUT2D eigenvalue weighted by Crippen LogP contribution is 2.13. The first-order chi connectivity index (χ1) is 5.27. The topological polar surface area (TPSA) is 30.7 Å². The molecule has 11 heavy (non-hydrogen) atoms. The fraction of sp³-hybridized carbons (Fsp3) is 0.143. The summed E-state index contributed by atoms with van der Waals surface area (Å²) in [4.78, 5) is 0. The van der Waals surface area contributed by atoms with Gasteiger partial charge in [-0.25, -0.2) is 0 Å². The number of hydrogen-bond acceptors (Lipinski definition) is 2. The van der Waals surface area contributed by atoms with Gasteiger partial charge >= 0.3 is 0 Å². The molecule has 0 amide bonds. The maximum atomic E-state index is 3.98. The van der Waals surface area contributed by atoms with E-state index in [-0.39, 0.29) is 0 Å². The van der Waals surface area contributed by atoms with Gasteiger partial charge in [0.25, 0.3) is 0 Å². The van der Waals surface area contributed by atoms with Crippen LogP contribution in [0.4, 0.5) is 0 Å². The predicted molar refractivity (Wildman–Crippen MR) is 51.7 cm³/mol. The highest BCUT2D eigenvalue weighted by Gasteiger charge is 1.99. The van der Waals surface area contributed by atoms with Crippen LogP contribution in [0.2, 0.25) is 0 Å². The summed E-state index contributed by atoms with van der Waals surface area (Å²) in [7, 11) is 0. The predicted octanol–water partition coefficient (Wildman–Crippen LogP) is 1.94. The lowest BCUT2D eigenvalue weighted by Gasteiger charge is -1.90. The number of aromatic nitrogens is 3. The van der Waals surface area contributed by atoms with Crippen LogP contribution in [0.25, 0.3) is 11.0 Å². The molecule has 0 aliphatic carbocycles. The Kier molecular flexibility index (Phi) is 1.56. The number of hydrogen-bond donors (Lipinski definition) is 0. The molecule has 0 aliphatic rings. The molecule has 0 radical (unpaired) electrons. The molecule has 2 aromatic rings. The molecular formula is C7H6IN3. The molecule has 3 nitrogen and oxygen atoms in total. The minimum Gasteiger partial charge on any atom is -0.184 e. The summed E-state index contributed by atoms with van der Waals surface area (Å²) in [5.74, 6) is 0. The highest BCUT2D eigenvalue weighted by atomic mass is 127. The molecule has 0 spiro atoms. The number of aryl methyl sites for hydroxylation is 1. The van der Waals surface area contributed by atoms with Gasteiger partial charge in [-0.1, -0.05) is 11.3 Å². The van der Waals surface area contributed by atoms with E-state index in [1.165, 1.54) is 5.56 Å². The zero-order chi connectivity index (χ0) is 7.84. The quantitative estimate of drug-likeness (QED) is 0.677. The molecule has 0 fully saturated rings. The molecule has 0 saturated carbocycles. The Morgan fingerprint density at radius 2 is 2.27 bits per heavy atom. The molecule has 1 aromatic carbocycles. The van der Waals surface area contributed by atoms with Gasteiger partial charge in [0.1, 0.15) is 11.0 Å². The van der Waals surface area contributed by atoms with E-state index in [0.717, 1.165) is 11.0 Å². The average Bonchev–Trinajstić information content (AvgIpc) is 2.32. The first-order valence-corrected chi connectivity index (χ1v) is 4.22. The Balaban J connectivity index is 2.86. The Bertz CT molecular complexity index is 393. The van der Waals surface area contributed by atoms with Gasteiger partial charge in [0, 0.05) is 0 Å². The van der Waals surface area contributed by atoms with Crippen LogP contribution < -0.4 is 0 Å². The van der Waals surface area contributed by atoms with Crippen LogP contribution in [-0.4, -0.2) is 13.2 Å². The van der Waals surface area contributed by atoms with Gasteiger partial charge in [0.05, 0.1) is 22.9 Å². The number of nitrogens with zero attached hydrogens (tertiary/aromatic N) is 3. The molecule has 1 aromatic heterocycles. The summed E-state index contributed by atoms with van der Waals surface area (Å²) in [6.07, 6.45) is 0. The number of fused-ring (bicyclic) bond motifs is 1. The maximum absolute atomic E-state index is 3.98. The second kappa shape index (κ2) is 2.44. The second-order valence-electron chi connectivity index (χ2n) is 2.44. The summed E-state index contributed by atoms with van der Waals surface area (Å²) in [5, 5.41) is 7.87. The van der Waals surface area contributed by atoms with Crippen molar-refractivity contribution in [3.05, 3.63) is 23.8 Å². The first-order valence-electron chi connectivity index (χ1n) is 3.25. The van der Waals surface area contributed by atoms with E-state index in [0.29, 0.717) is 0 Å². The van der Waals surface area contributed by atoms with Crippen molar-refractivity contribution in [1.29, 1.82) is 0 Å². The van der Waals surface area contributed by atoms with E-state index < -0.39 is 0 Å². The Labute approximate surface area is 77.9 Å². The monoisotopic (exact) mass is 259 g/mol. The summed E-state index contributed by atoms with van der Waals surface area (Å²) >= 11 is 2.11. The minimum absolute atomic E-state index is 0.958. The molecule has 0 atom stereocenters. The molecule has 0 unspecified atom stereocenters. The van der Waals surface area contributed by atoms with Crippen LogP contribution in [0.1, 0.15) is 5.56 Å². The number of halogens is 1. The smallest absolute Gasteiger partial charge is 0.114 e. The SMILES string of the molecule is Cc1ccc2c(c1)nnn2I.